The Morgan fingerprint density at radius 3 is 2.59 bits per heavy atom. The molecule has 2 bridgehead atoms. The van der Waals surface area contributed by atoms with Gasteiger partial charge in [-0.05, 0) is 80.3 Å². The first-order valence-corrected chi connectivity index (χ1v) is 18.0. The largest absolute Gasteiger partial charge is 0.393 e. The van der Waals surface area contributed by atoms with E-state index in [1.165, 1.54) is 11.1 Å². The van der Waals surface area contributed by atoms with Crippen LogP contribution in [-0.2, 0) is 25.9 Å². The van der Waals surface area contributed by atoms with Crippen LogP contribution in [0.25, 0.3) is 21.1 Å². The molecule has 9 nitrogen and oxygen atoms in total. The zero-order valence-electron chi connectivity index (χ0n) is 28.1. The maximum atomic E-state index is 13.2. The highest BCUT2D eigenvalue weighted by atomic mass is 32.1. The molecule has 2 amide bonds. The Balaban J connectivity index is 0.964. The number of nitriles is 1. The van der Waals surface area contributed by atoms with Gasteiger partial charge in [0.2, 0.25) is 0 Å². The second kappa shape index (κ2) is 11.3. The number of benzene rings is 1. The monoisotopic (exact) mass is 690 g/mol. The summed E-state index contributed by atoms with van der Waals surface area (Å²) in [6.45, 7) is 9.35. The fraction of sp³-hybridized carbons (Fsp3) is 0.556. The molecule has 2 saturated heterocycles. The standard InChI is InChI=1S/C36H41F3N8OS/c1-4-29-42-30(27-12-25(13-36(37,38)39)49-31(27)43-29)46-10-8-33(20-46)7-9-45(19-33)15-23-5-6-28-26(22(23)2)11-24(14-40)47(28)21-34-16-35(17-34,18-34)44-32(48)41-3/h5-6,11-12H,4,7-10,13,15-21H2,1-3H3,(H2,41,44,48). The Kier molecular flexibility index (Phi) is 7.47. The summed E-state index contributed by atoms with van der Waals surface area (Å²) in [6, 6.07) is 10.4. The van der Waals surface area contributed by atoms with Crippen LogP contribution in [0.1, 0.15) is 66.6 Å². The van der Waals surface area contributed by atoms with Gasteiger partial charge < -0.3 is 20.1 Å². The van der Waals surface area contributed by atoms with Crippen molar-refractivity contribution in [3.05, 3.63) is 51.8 Å². The molecule has 4 aromatic rings. The highest BCUT2D eigenvalue weighted by Crippen LogP contribution is 2.68. The van der Waals surface area contributed by atoms with Crippen molar-refractivity contribution in [1.82, 2.24) is 30.1 Å². The molecule has 3 saturated carbocycles. The molecule has 258 valence electrons. The van der Waals surface area contributed by atoms with Gasteiger partial charge in [-0.3, -0.25) is 4.90 Å². The maximum Gasteiger partial charge on any atom is 0.393 e. The number of urea groups is 1. The number of alkyl halides is 3. The highest BCUT2D eigenvalue weighted by molar-refractivity contribution is 7.18. The molecule has 5 heterocycles. The molecule has 1 atom stereocenters. The molecule has 3 aromatic heterocycles. The lowest BCUT2D eigenvalue weighted by Crippen LogP contribution is -2.76. The van der Waals surface area contributed by atoms with Crippen LogP contribution < -0.4 is 15.5 Å². The van der Waals surface area contributed by atoms with Crippen molar-refractivity contribution in [2.75, 3.05) is 38.1 Å². The lowest BCUT2D eigenvalue weighted by molar-refractivity contribution is -0.155. The molecule has 2 N–H and O–H groups in total. The molecule has 2 aliphatic heterocycles. The number of nitrogens with one attached hydrogen (secondary N) is 2. The predicted molar refractivity (Wildman–Crippen MR) is 184 cm³/mol. The molecule has 3 aliphatic carbocycles. The fourth-order valence-corrected chi connectivity index (χ4v) is 10.5. The predicted octanol–water partition coefficient (Wildman–Crippen LogP) is 6.45. The van der Waals surface area contributed by atoms with E-state index in [9.17, 15) is 23.2 Å². The Hall–Kier alpha value is -3.89. The summed E-state index contributed by atoms with van der Waals surface area (Å²) >= 11 is 1.13. The average molecular weight is 691 g/mol. The van der Waals surface area contributed by atoms with Crippen LogP contribution >= 0.6 is 11.3 Å². The number of fused-ring (bicyclic) bond motifs is 2. The summed E-state index contributed by atoms with van der Waals surface area (Å²) in [6.07, 6.45) is 0.335. The van der Waals surface area contributed by atoms with Crippen molar-refractivity contribution >= 4 is 44.3 Å². The third-order valence-corrected chi connectivity index (χ3v) is 12.7. The number of aromatic nitrogens is 3. The smallest absolute Gasteiger partial charge is 0.355 e. The molecule has 49 heavy (non-hydrogen) atoms. The summed E-state index contributed by atoms with van der Waals surface area (Å²) < 4.78 is 41.8. The maximum absolute atomic E-state index is 13.2. The summed E-state index contributed by atoms with van der Waals surface area (Å²) in [5, 5.41) is 17.7. The second-order valence-electron chi connectivity index (χ2n) is 15.2. The van der Waals surface area contributed by atoms with E-state index < -0.39 is 12.6 Å². The normalized spacial score (nSPS) is 26.3. The van der Waals surface area contributed by atoms with E-state index in [4.69, 9.17) is 4.98 Å². The lowest BCUT2D eigenvalue weighted by Gasteiger charge is -2.70. The molecule has 1 aromatic carbocycles. The van der Waals surface area contributed by atoms with Crippen molar-refractivity contribution in [1.29, 1.82) is 5.26 Å². The number of aryl methyl sites for hydroxylation is 2. The van der Waals surface area contributed by atoms with E-state index in [2.05, 4.69) is 55.1 Å². The second-order valence-corrected chi connectivity index (χ2v) is 16.3. The molecule has 9 rings (SSSR count). The molecule has 0 radical (unpaired) electrons. The van der Waals surface area contributed by atoms with E-state index in [1.54, 1.807) is 13.1 Å². The fourth-order valence-electron chi connectivity index (χ4n) is 9.43. The van der Waals surface area contributed by atoms with E-state index in [0.717, 1.165) is 105 Å². The van der Waals surface area contributed by atoms with E-state index >= 15 is 0 Å². The number of hydrogen-bond donors (Lipinski definition) is 2. The molecular weight excluding hydrogens is 650 g/mol. The first-order valence-electron chi connectivity index (χ1n) is 17.2. The van der Waals surface area contributed by atoms with Gasteiger partial charge in [0, 0.05) is 72.9 Å². The van der Waals surface area contributed by atoms with Crippen molar-refractivity contribution in [2.24, 2.45) is 10.8 Å². The van der Waals surface area contributed by atoms with Crippen LogP contribution in [0.4, 0.5) is 23.8 Å². The van der Waals surface area contributed by atoms with Crippen molar-refractivity contribution < 1.29 is 18.0 Å². The van der Waals surface area contributed by atoms with Gasteiger partial charge >= 0.3 is 12.2 Å². The Labute approximate surface area is 287 Å². The van der Waals surface area contributed by atoms with Crippen molar-refractivity contribution in [2.45, 2.75) is 83.6 Å². The quantitative estimate of drug-likeness (QED) is 0.221. The van der Waals surface area contributed by atoms with Crippen LogP contribution in [-0.4, -0.2) is 70.4 Å². The molecule has 5 aliphatic rings. The van der Waals surface area contributed by atoms with Gasteiger partial charge in [0.15, 0.2) is 0 Å². The highest BCUT2D eigenvalue weighted by Gasteiger charge is 2.68. The van der Waals surface area contributed by atoms with Crippen molar-refractivity contribution in [3.63, 3.8) is 0 Å². The third-order valence-electron chi connectivity index (χ3n) is 11.6. The number of nitrogens with zero attached hydrogens (tertiary/aromatic N) is 6. The first-order chi connectivity index (χ1) is 23.3. The Morgan fingerprint density at radius 2 is 1.88 bits per heavy atom. The summed E-state index contributed by atoms with van der Waals surface area (Å²) in [7, 11) is 1.64. The van der Waals surface area contributed by atoms with E-state index in [-0.39, 0.29) is 27.3 Å². The molecular formula is C36H41F3N8OS. The van der Waals surface area contributed by atoms with Gasteiger partial charge in [0.1, 0.15) is 28.2 Å². The number of amides is 2. The zero-order chi connectivity index (χ0) is 34.3. The van der Waals surface area contributed by atoms with Gasteiger partial charge in [-0.1, -0.05) is 13.0 Å². The minimum absolute atomic E-state index is 0.0914. The minimum Gasteiger partial charge on any atom is -0.355 e. The number of likely N-dealkylation sites (tertiary alicyclic amines) is 1. The van der Waals surface area contributed by atoms with Gasteiger partial charge in [0.05, 0.1) is 11.8 Å². The average Bonchev–Trinajstić information content (AvgIpc) is 3.81. The van der Waals surface area contributed by atoms with Crippen LogP contribution in [0.15, 0.2) is 24.3 Å². The summed E-state index contributed by atoms with van der Waals surface area (Å²) in [5.74, 6) is 1.44. The molecule has 1 unspecified atom stereocenters. The molecule has 5 fully saturated rings. The number of halogens is 3. The van der Waals surface area contributed by atoms with Crippen LogP contribution in [0.5, 0.6) is 0 Å². The van der Waals surface area contributed by atoms with Gasteiger partial charge in [-0.2, -0.15) is 18.4 Å². The van der Waals surface area contributed by atoms with Crippen LogP contribution in [0.2, 0.25) is 0 Å². The van der Waals surface area contributed by atoms with E-state index in [0.29, 0.717) is 22.8 Å². The lowest BCUT2D eigenvalue weighted by atomic mass is 9.39. The van der Waals surface area contributed by atoms with Gasteiger partial charge in [0.25, 0.3) is 0 Å². The number of carbonyl (C=O) groups excluding carboxylic acids is 1. The topological polar surface area (TPSA) is 102 Å². The molecule has 1 spiro atoms. The zero-order valence-corrected chi connectivity index (χ0v) is 29.0. The summed E-state index contributed by atoms with van der Waals surface area (Å²) in [5.41, 5.74) is 4.40. The number of rotatable bonds is 8. The minimum atomic E-state index is -4.26. The Morgan fingerprint density at radius 1 is 1.10 bits per heavy atom. The number of carbonyl (C=O) groups is 1. The van der Waals surface area contributed by atoms with Crippen LogP contribution in [0, 0.1) is 29.1 Å². The van der Waals surface area contributed by atoms with Crippen LogP contribution in [0.3, 0.4) is 0 Å². The van der Waals surface area contributed by atoms with E-state index in [1.807, 2.05) is 13.0 Å². The number of hydrogen-bond acceptors (Lipinski definition) is 7. The third kappa shape index (κ3) is 5.61. The van der Waals surface area contributed by atoms with Gasteiger partial charge in [-0.15, -0.1) is 11.3 Å². The first kappa shape index (κ1) is 32.3. The number of anilines is 1. The molecule has 13 heteroatoms. The SMILES string of the molecule is CCc1nc(N2CCC3(CCN(Cc4ccc5c(cc(C#N)n5CC56CC(NC(=O)NC)(C5)C6)c4C)C3)C2)c2cc(CC(F)(F)F)sc2n1. The summed E-state index contributed by atoms with van der Waals surface area (Å²) in [4.78, 5) is 27.0. The number of thiophene rings is 1. The Bertz CT molecular complexity index is 2010. The van der Waals surface area contributed by atoms with Crippen molar-refractivity contribution in [3.8, 4) is 6.07 Å². The van der Waals surface area contributed by atoms with Gasteiger partial charge in [-0.25, -0.2) is 14.8 Å².